The summed E-state index contributed by atoms with van der Waals surface area (Å²) in [6, 6.07) is 68.0. The molecule has 10 aromatic rings. The summed E-state index contributed by atoms with van der Waals surface area (Å²) < 4.78 is 6.53. The fourth-order valence-corrected chi connectivity index (χ4v) is 7.39. The van der Waals surface area contributed by atoms with Crippen molar-refractivity contribution >= 4 is 32.7 Å². The number of hydrogen-bond donors (Lipinski definition) is 0. The largest absolute Gasteiger partial charge is 0.455 e. The molecule has 248 valence electrons. The van der Waals surface area contributed by atoms with E-state index in [1.807, 2.05) is 18.2 Å². The molecule has 0 fully saturated rings. The summed E-state index contributed by atoms with van der Waals surface area (Å²) in [5.74, 6) is 0.676. The molecule has 0 saturated heterocycles. The summed E-state index contributed by atoms with van der Waals surface area (Å²) in [6.45, 7) is 0. The van der Waals surface area contributed by atoms with E-state index in [4.69, 9.17) is 14.4 Å². The summed E-state index contributed by atoms with van der Waals surface area (Å²) in [6.07, 6.45) is 0. The first-order chi connectivity index (χ1) is 26.2. The maximum absolute atomic E-state index is 6.53. The van der Waals surface area contributed by atoms with Crippen LogP contribution in [0.15, 0.2) is 199 Å². The minimum atomic E-state index is 0.676. The summed E-state index contributed by atoms with van der Waals surface area (Å²) in [5, 5.41) is 4.66. The Morgan fingerprint density at radius 2 is 0.906 bits per heavy atom. The molecular formula is C50H32N2O. The molecule has 10 rings (SSSR count). The highest BCUT2D eigenvalue weighted by atomic mass is 16.3. The van der Waals surface area contributed by atoms with Crippen LogP contribution in [0.1, 0.15) is 0 Å². The zero-order chi connectivity index (χ0) is 35.1. The lowest BCUT2D eigenvalue weighted by Crippen LogP contribution is -1.97. The number of fused-ring (bicyclic) bond motifs is 4. The van der Waals surface area contributed by atoms with E-state index >= 15 is 0 Å². The average Bonchev–Trinajstić information content (AvgIpc) is 3.63. The molecule has 0 radical (unpaired) electrons. The van der Waals surface area contributed by atoms with Gasteiger partial charge in [-0.25, -0.2) is 9.97 Å². The van der Waals surface area contributed by atoms with Crippen LogP contribution in [-0.4, -0.2) is 9.97 Å². The minimum Gasteiger partial charge on any atom is -0.455 e. The second-order valence-electron chi connectivity index (χ2n) is 13.4. The lowest BCUT2D eigenvalue weighted by atomic mass is 9.93. The van der Waals surface area contributed by atoms with E-state index in [2.05, 4.69) is 176 Å². The molecule has 0 bridgehead atoms. The lowest BCUT2D eigenvalue weighted by Gasteiger charge is -2.14. The van der Waals surface area contributed by atoms with E-state index in [1.54, 1.807) is 0 Å². The van der Waals surface area contributed by atoms with Crippen molar-refractivity contribution in [2.45, 2.75) is 0 Å². The van der Waals surface area contributed by atoms with Gasteiger partial charge in [0.25, 0.3) is 0 Å². The van der Waals surface area contributed by atoms with Crippen LogP contribution in [0.2, 0.25) is 0 Å². The normalized spacial score (nSPS) is 11.4. The van der Waals surface area contributed by atoms with Gasteiger partial charge in [0.05, 0.1) is 11.4 Å². The predicted molar refractivity (Wildman–Crippen MR) is 219 cm³/mol. The van der Waals surface area contributed by atoms with E-state index < -0.39 is 0 Å². The Balaban J connectivity index is 1.17. The fourth-order valence-electron chi connectivity index (χ4n) is 7.39. The maximum Gasteiger partial charge on any atom is 0.160 e. The van der Waals surface area contributed by atoms with Crippen LogP contribution in [0.25, 0.3) is 100.0 Å². The van der Waals surface area contributed by atoms with Crippen LogP contribution in [-0.2, 0) is 0 Å². The second kappa shape index (κ2) is 12.9. The molecule has 8 aromatic carbocycles. The van der Waals surface area contributed by atoms with Crippen molar-refractivity contribution in [3.05, 3.63) is 194 Å². The topological polar surface area (TPSA) is 38.9 Å². The lowest BCUT2D eigenvalue weighted by molar-refractivity contribution is 0.670. The van der Waals surface area contributed by atoms with E-state index in [1.165, 1.54) is 10.8 Å². The van der Waals surface area contributed by atoms with E-state index in [0.717, 1.165) is 83.4 Å². The number of hydrogen-bond acceptors (Lipinski definition) is 3. The number of benzene rings is 8. The first-order valence-corrected chi connectivity index (χ1v) is 17.9. The standard InChI is InChI=1S/C50H32N2O/c1-3-13-33(14-4-1)40-29-41(43-22-12-23-45-44-21-9-10-24-48(44)53-49(43)45)31-42(30-40)47-32-46(35-16-5-2-6-17-35)51-50(52-47)39-20-11-19-37(28-39)38-26-25-34-15-7-8-18-36(34)27-38/h1-32H. The van der Waals surface area contributed by atoms with Crippen LogP contribution >= 0.6 is 0 Å². The number of nitrogens with zero attached hydrogens (tertiary/aromatic N) is 2. The Morgan fingerprint density at radius 3 is 1.75 bits per heavy atom. The predicted octanol–water partition coefficient (Wildman–Crippen LogP) is 13.5. The molecule has 0 aliphatic carbocycles. The van der Waals surface area contributed by atoms with E-state index in [-0.39, 0.29) is 0 Å². The molecule has 0 amide bonds. The van der Waals surface area contributed by atoms with Crippen molar-refractivity contribution in [1.29, 1.82) is 0 Å². The highest BCUT2D eigenvalue weighted by Gasteiger charge is 2.17. The quantitative estimate of drug-likeness (QED) is 0.176. The highest BCUT2D eigenvalue weighted by molar-refractivity contribution is 6.09. The van der Waals surface area contributed by atoms with E-state index in [0.29, 0.717) is 5.82 Å². The highest BCUT2D eigenvalue weighted by Crippen LogP contribution is 2.40. The molecule has 0 unspecified atom stereocenters. The molecule has 0 atom stereocenters. The third-order valence-corrected chi connectivity index (χ3v) is 10.1. The second-order valence-corrected chi connectivity index (χ2v) is 13.4. The van der Waals surface area contributed by atoms with E-state index in [9.17, 15) is 0 Å². The van der Waals surface area contributed by atoms with Crippen LogP contribution in [0.3, 0.4) is 0 Å². The Hall–Kier alpha value is -7.10. The van der Waals surface area contributed by atoms with Crippen molar-refractivity contribution in [2.24, 2.45) is 0 Å². The Morgan fingerprint density at radius 1 is 0.321 bits per heavy atom. The first kappa shape index (κ1) is 30.7. The van der Waals surface area contributed by atoms with Gasteiger partial charge in [0.2, 0.25) is 0 Å². The average molecular weight is 677 g/mol. The molecule has 2 aromatic heterocycles. The molecule has 0 aliphatic rings. The van der Waals surface area contributed by atoms with Crippen LogP contribution in [0, 0.1) is 0 Å². The van der Waals surface area contributed by atoms with Crippen molar-refractivity contribution in [3.8, 4) is 67.3 Å². The van der Waals surface area contributed by atoms with Crippen molar-refractivity contribution < 1.29 is 4.42 Å². The van der Waals surface area contributed by atoms with Gasteiger partial charge in [0.15, 0.2) is 5.82 Å². The smallest absolute Gasteiger partial charge is 0.160 e. The zero-order valence-electron chi connectivity index (χ0n) is 28.8. The minimum absolute atomic E-state index is 0.676. The van der Waals surface area contributed by atoms with Gasteiger partial charge in [0, 0.05) is 33.0 Å². The molecule has 3 nitrogen and oxygen atoms in total. The molecule has 2 heterocycles. The molecule has 53 heavy (non-hydrogen) atoms. The molecule has 3 heteroatoms. The van der Waals surface area contributed by atoms with Gasteiger partial charge in [-0.3, -0.25) is 0 Å². The summed E-state index contributed by atoms with van der Waals surface area (Å²) in [5.41, 5.74) is 13.1. The number of furan rings is 1. The van der Waals surface area contributed by atoms with Crippen LogP contribution < -0.4 is 0 Å². The van der Waals surface area contributed by atoms with Gasteiger partial charge in [-0.15, -0.1) is 0 Å². The molecule has 0 N–H and O–H groups in total. The van der Waals surface area contributed by atoms with Gasteiger partial charge >= 0.3 is 0 Å². The maximum atomic E-state index is 6.53. The van der Waals surface area contributed by atoms with Gasteiger partial charge in [0.1, 0.15) is 11.2 Å². The molecule has 0 saturated carbocycles. The third-order valence-electron chi connectivity index (χ3n) is 10.1. The SMILES string of the molecule is c1ccc(-c2cc(-c3cc(-c4ccccc4)nc(-c4cccc(-c5ccc6ccccc6c5)c4)n3)cc(-c3cccc4c3oc3ccccc34)c2)cc1. The van der Waals surface area contributed by atoms with Gasteiger partial charge < -0.3 is 4.42 Å². The Labute approximate surface area is 307 Å². The summed E-state index contributed by atoms with van der Waals surface area (Å²) in [7, 11) is 0. The monoisotopic (exact) mass is 676 g/mol. The van der Waals surface area contributed by atoms with Gasteiger partial charge in [-0.1, -0.05) is 152 Å². The first-order valence-electron chi connectivity index (χ1n) is 17.9. The molecule has 0 spiro atoms. The summed E-state index contributed by atoms with van der Waals surface area (Å²) >= 11 is 0. The third kappa shape index (κ3) is 5.75. The van der Waals surface area contributed by atoms with Gasteiger partial charge in [-0.2, -0.15) is 0 Å². The number of rotatable bonds is 6. The summed E-state index contributed by atoms with van der Waals surface area (Å²) in [4.78, 5) is 10.5. The zero-order valence-corrected chi connectivity index (χ0v) is 28.8. The van der Waals surface area contributed by atoms with Crippen LogP contribution in [0.4, 0.5) is 0 Å². The van der Waals surface area contributed by atoms with Crippen molar-refractivity contribution in [2.75, 3.05) is 0 Å². The van der Waals surface area contributed by atoms with Gasteiger partial charge in [-0.05, 0) is 81.1 Å². The Kier molecular flexibility index (Phi) is 7.47. The number of aromatic nitrogens is 2. The fraction of sp³-hybridized carbons (Fsp3) is 0. The molecule has 0 aliphatic heterocycles. The van der Waals surface area contributed by atoms with Crippen LogP contribution in [0.5, 0.6) is 0 Å². The molecular weight excluding hydrogens is 645 g/mol. The number of para-hydroxylation sites is 2. The van der Waals surface area contributed by atoms with Crippen molar-refractivity contribution in [3.63, 3.8) is 0 Å². The Bertz CT molecular complexity index is 2950. The van der Waals surface area contributed by atoms with Crippen molar-refractivity contribution in [1.82, 2.24) is 9.97 Å².